The van der Waals surface area contributed by atoms with Gasteiger partial charge in [-0.3, -0.25) is 14.4 Å². The lowest BCUT2D eigenvalue weighted by Crippen LogP contribution is -2.36. The predicted octanol–water partition coefficient (Wildman–Crippen LogP) is 0.685. The van der Waals surface area contributed by atoms with Crippen LogP contribution in [0.2, 0.25) is 0 Å². The Morgan fingerprint density at radius 3 is 2.18 bits per heavy atom. The van der Waals surface area contributed by atoms with Gasteiger partial charge >= 0.3 is 0 Å². The minimum Gasteiger partial charge on any atom is -0.348 e. The lowest BCUT2D eigenvalue weighted by molar-refractivity contribution is -0.127. The third kappa shape index (κ3) is 5.40. The number of nitrogens with zero attached hydrogens (tertiary/aromatic N) is 2. The number of hydrogen-bond acceptors (Lipinski definition) is 4. The number of carbonyl (C=O) groups excluding carboxylic acids is 3. The normalized spacial score (nSPS) is 10.0. The van der Waals surface area contributed by atoms with E-state index in [-0.39, 0.29) is 30.0 Å². The summed E-state index contributed by atoms with van der Waals surface area (Å²) in [5.41, 5.74) is 0.464. The van der Waals surface area contributed by atoms with E-state index >= 15 is 0 Å². The first-order chi connectivity index (χ1) is 10.3. The quantitative estimate of drug-likeness (QED) is 0.782. The van der Waals surface area contributed by atoms with Gasteiger partial charge in [-0.1, -0.05) is 12.1 Å². The SMILES string of the molecule is CN(C)C(=O)CNC(=O)c1ccccc1SCC(=O)N(C)C. The molecule has 0 spiro atoms. The first-order valence-corrected chi connectivity index (χ1v) is 7.71. The van der Waals surface area contributed by atoms with Gasteiger partial charge in [-0.2, -0.15) is 0 Å². The number of likely N-dealkylation sites (N-methyl/N-ethyl adjacent to an activating group) is 1. The largest absolute Gasteiger partial charge is 0.348 e. The number of carbonyl (C=O) groups is 3. The van der Waals surface area contributed by atoms with Crippen molar-refractivity contribution in [3.8, 4) is 0 Å². The van der Waals surface area contributed by atoms with Crippen molar-refractivity contribution >= 4 is 29.5 Å². The number of hydrogen-bond donors (Lipinski definition) is 1. The Bertz CT molecular complexity index is 559. The highest BCUT2D eigenvalue weighted by Crippen LogP contribution is 2.22. The van der Waals surface area contributed by atoms with Gasteiger partial charge in [0.05, 0.1) is 17.9 Å². The van der Waals surface area contributed by atoms with Crippen LogP contribution in [0.3, 0.4) is 0 Å². The molecule has 0 saturated heterocycles. The zero-order valence-electron chi connectivity index (χ0n) is 13.3. The molecule has 1 aromatic carbocycles. The summed E-state index contributed by atoms with van der Waals surface area (Å²) in [6, 6.07) is 7.03. The van der Waals surface area contributed by atoms with Gasteiger partial charge in [0.1, 0.15) is 0 Å². The van der Waals surface area contributed by atoms with Crippen molar-refractivity contribution in [1.82, 2.24) is 15.1 Å². The highest BCUT2D eigenvalue weighted by atomic mass is 32.2. The zero-order valence-corrected chi connectivity index (χ0v) is 14.1. The van der Waals surface area contributed by atoms with E-state index in [0.717, 1.165) is 0 Å². The molecule has 1 rings (SSSR count). The smallest absolute Gasteiger partial charge is 0.252 e. The van der Waals surface area contributed by atoms with E-state index in [1.165, 1.54) is 21.6 Å². The lowest BCUT2D eigenvalue weighted by Gasteiger charge is -2.13. The van der Waals surface area contributed by atoms with E-state index in [1.807, 2.05) is 6.07 Å². The number of nitrogens with one attached hydrogen (secondary N) is 1. The maximum atomic E-state index is 12.2. The molecule has 0 atom stereocenters. The van der Waals surface area contributed by atoms with E-state index in [0.29, 0.717) is 10.5 Å². The van der Waals surface area contributed by atoms with E-state index in [1.54, 1.807) is 46.4 Å². The molecule has 0 radical (unpaired) electrons. The van der Waals surface area contributed by atoms with Crippen LogP contribution in [0.5, 0.6) is 0 Å². The molecule has 22 heavy (non-hydrogen) atoms. The average molecular weight is 323 g/mol. The molecule has 1 aromatic rings. The van der Waals surface area contributed by atoms with Gasteiger partial charge in [-0.15, -0.1) is 11.8 Å². The molecule has 0 aliphatic rings. The minimum absolute atomic E-state index is 0.0250. The highest BCUT2D eigenvalue weighted by Gasteiger charge is 2.14. The van der Waals surface area contributed by atoms with Gasteiger partial charge in [-0.25, -0.2) is 0 Å². The molecule has 0 unspecified atom stereocenters. The number of benzene rings is 1. The Morgan fingerprint density at radius 1 is 1.00 bits per heavy atom. The third-order valence-electron chi connectivity index (χ3n) is 2.88. The Morgan fingerprint density at radius 2 is 1.59 bits per heavy atom. The summed E-state index contributed by atoms with van der Waals surface area (Å²) in [6.45, 7) is -0.0541. The zero-order chi connectivity index (χ0) is 16.7. The molecule has 1 N–H and O–H groups in total. The van der Waals surface area contributed by atoms with Crippen molar-refractivity contribution in [2.24, 2.45) is 0 Å². The molecule has 0 aliphatic heterocycles. The number of amides is 3. The lowest BCUT2D eigenvalue weighted by atomic mass is 10.2. The number of rotatable bonds is 6. The van der Waals surface area contributed by atoms with Crippen molar-refractivity contribution in [2.75, 3.05) is 40.5 Å². The Kier molecular flexibility index (Phi) is 6.91. The molecule has 0 aromatic heterocycles. The summed E-state index contributed by atoms with van der Waals surface area (Å²) in [6.07, 6.45) is 0. The van der Waals surface area contributed by atoms with Crippen LogP contribution in [0.4, 0.5) is 0 Å². The molecule has 0 aliphatic carbocycles. The summed E-state index contributed by atoms with van der Waals surface area (Å²) in [5.74, 6) is -0.270. The van der Waals surface area contributed by atoms with Gasteiger partial charge in [0.15, 0.2) is 0 Å². The molecule has 0 fully saturated rings. The first kappa shape index (κ1) is 18.0. The summed E-state index contributed by atoms with van der Waals surface area (Å²) >= 11 is 1.30. The highest BCUT2D eigenvalue weighted by molar-refractivity contribution is 8.00. The topological polar surface area (TPSA) is 69.7 Å². The fourth-order valence-electron chi connectivity index (χ4n) is 1.46. The molecule has 6 nitrogen and oxygen atoms in total. The summed E-state index contributed by atoms with van der Waals surface area (Å²) in [5, 5.41) is 2.59. The fourth-order valence-corrected chi connectivity index (χ4v) is 2.49. The molecule has 0 bridgehead atoms. The van der Waals surface area contributed by atoms with Crippen LogP contribution in [0.25, 0.3) is 0 Å². The predicted molar refractivity (Wildman–Crippen MR) is 86.9 cm³/mol. The summed E-state index contributed by atoms with van der Waals surface area (Å²) < 4.78 is 0. The Hall–Kier alpha value is -2.02. The van der Waals surface area contributed by atoms with Crippen LogP contribution in [0, 0.1) is 0 Å². The van der Waals surface area contributed by atoms with Crippen LogP contribution in [-0.2, 0) is 9.59 Å². The van der Waals surface area contributed by atoms with E-state index in [9.17, 15) is 14.4 Å². The van der Waals surface area contributed by atoms with Crippen LogP contribution in [0.15, 0.2) is 29.2 Å². The van der Waals surface area contributed by atoms with Crippen molar-refractivity contribution in [1.29, 1.82) is 0 Å². The molecule has 0 heterocycles. The summed E-state index contributed by atoms with van der Waals surface area (Å²) in [4.78, 5) is 39.0. The molecular weight excluding hydrogens is 302 g/mol. The fraction of sp³-hybridized carbons (Fsp3) is 0.400. The minimum atomic E-state index is -0.324. The molecular formula is C15H21N3O3S. The molecule has 3 amide bonds. The number of thioether (sulfide) groups is 1. The van der Waals surface area contributed by atoms with Crippen molar-refractivity contribution in [3.05, 3.63) is 29.8 Å². The van der Waals surface area contributed by atoms with Crippen LogP contribution >= 0.6 is 11.8 Å². The second-order valence-electron chi connectivity index (χ2n) is 5.04. The monoisotopic (exact) mass is 323 g/mol. The van der Waals surface area contributed by atoms with Crippen LogP contribution < -0.4 is 5.32 Å². The average Bonchev–Trinajstić information content (AvgIpc) is 2.49. The van der Waals surface area contributed by atoms with Gasteiger partial charge < -0.3 is 15.1 Å². The van der Waals surface area contributed by atoms with E-state index < -0.39 is 0 Å². The maximum Gasteiger partial charge on any atom is 0.252 e. The van der Waals surface area contributed by atoms with Crippen LogP contribution in [0.1, 0.15) is 10.4 Å². The standard InChI is InChI=1S/C15H21N3O3S/c1-17(2)13(19)9-16-15(21)11-7-5-6-8-12(11)22-10-14(20)18(3)4/h5-8H,9-10H2,1-4H3,(H,16,21). The van der Waals surface area contributed by atoms with Crippen molar-refractivity contribution in [2.45, 2.75) is 4.90 Å². The summed E-state index contributed by atoms with van der Waals surface area (Å²) in [7, 11) is 6.64. The van der Waals surface area contributed by atoms with Gasteiger partial charge in [0.25, 0.3) is 5.91 Å². The Balaban J connectivity index is 2.72. The first-order valence-electron chi connectivity index (χ1n) is 6.73. The van der Waals surface area contributed by atoms with E-state index in [2.05, 4.69) is 5.32 Å². The van der Waals surface area contributed by atoms with Crippen molar-refractivity contribution in [3.63, 3.8) is 0 Å². The second-order valence-corrected chi connectivity index (χ2v) is 6.06. The Labute approximate surface area is 134 Å². The molecule has 120 valence electrons. The van der Waals surface area contributed by atoms with Gasteiger partial charge in [0, 0.05) is 33.1 Å². The molecule has 0 saturated carbocycles. The van der Waals surface area contributed by atoms with Crippen molar-refractivity contribution < 1.29 is 14.4 Å². The van der Waals surface area contributed by atoms with Gasteiger partial charge in [0.2, 0.25) is 11.8 Å². The maximum absolute atomic E-state index is 12.2. The second kappa shape index (κ2) is 8.43. The molecule has 7 heteroatoms. The third-order valence-corrected chi connectivity index (χ3v) is 3.94. The van der Waals surface area contributed by atoms with E-state index in [4.69, 9.17) is 0 Å². The van der Waals surface area contributed by atoms with Crippen LogP contribution in [-0.4, -0.2) is 68.0 Å². The van der Waals surface area contributed by atoms with Gasteiger partial charge in [-0.05, 0) is 12.1 Å².